The van der Waals surface area contributed by atoms with Crippen LogP contribution in [0.5, 0.6) is 5.75 Å². The van der Waals surface area contributed by atoms with Crippen molar-refractivity contribution < 1.29 is 22.7 Å². The number of aryl methyl sites for hydroxylation is 2. The van der Waals surface area contributed by atoms with Crippen LogP contribution in [-0.4, -0.2) is 46.5 Å². The number of benzene rings is 1. The lowest BCUT2D eigenvalue weighted by Gasteiger charge is -2.34. The maximum absolute atomic E-state index is 13.1. The summed E-state index contributed by atoms with van der Waals surface area (Å²) in [5.41, 5.74) is 3.84. The lowest BCUT2D eigenvalue weighted by atomic mass is 9.90. The van der Waals surface area contributed by atoms with E-state index in [-0.39, 0.29) is 17.1 Å². The highest BCUT2D eigenvalue weighted by atomic mass is 19.4. The third-order valence-electron chi connectivity index (χ3n) is 7.32. The molecule has 1 atom stereocenters. The highest BCUT2D eigenvalue weighted by Crippen LogP contribution is 2.59. The molecule has 1 saturated carbocycles. The summed E-state index contributed by atoms with van der Waals surface area (Å²) in [5, 5.41) is 7.62. The Morgan fingerprint density at radius 3 is 2.57 bits per heavy atom. The van der Waals surface area contributed by atoms with E-state index in [0.717, 1.165) is 49.4 Å². The van der Waals surface area contributed by atoms with Gasteiger partial charge in [-0.3, -0.25) is 4.79 Å². The van der Waals surface area contributed by atoms with Crippen LogP contribution in [-0.2, 0) is 6.42 Å². The van der Waals surface area contributed by atoms with Gasteiger partial charge >= 0.3 is 6.36 Å². The van der Waals surface area contributed by atoms with Gasteiger partial charge in [0, 0.05) is 37.2 Å². The van der Waals surface area contributed by atoms with Crippen LogP contribution in [0.4, 0.5) is 18.9 Å². The van der Waals surface area contributed by atoms with Gasteiger partial charge < -0.3 is 15.0 Å². The molecule has 5 rings (SSSR count). The Balaban J connectivity index is 1.16. The summed E-state index contributed by atoms with van der Waals surface area (Å²) in [7, 11) is 0. The fourth-order valence-electron chi connectivity index (χ4n) is 5.25. The largest absolute Gasteiger partial charge is 0.573 e. The van der Waals surface area contributed by atoms with Crippen molar-refractivity contribution in [1.82, 2.24) is 19.9 Å². The first kappa shape index (κ1) is 23.4. The molecule has 1 N–H and O–H groups in total. The minimum atomic E-state index is -4.69. The van der Waals surface area contributed by atoms with Crippen LogP contribution in [0.1, 0.15) is 47.9 Å². The number of carbonyl (C=O) groups is 1. The Hall–Kier alpha value is -3.30. The monoisotopic (exact) mass is 487 g/mol. The second-order valence-corrected chi connectivity index (χ2v) is 9.51. The number of ether oxygens (including phenoxy) is 1. The van der Waals surface area contributed by atoms with Crippen LogP contribution in [0, 0.1) is 18.3 Å². The van der Waals surface area contributed by atoms with Crippen LogP contribution in [0.3, 0.4) is 0 Å². The molecule has 1 aliphatic carbocycles. The van der Waals surface area contributed by atoms with E-state index in [1.54, 1.807) is 16.6 Å². The zero-order valence-electron chi connectivity index (χ0n) is 19.7. The summed E-state index contributed by atoms with van der Waals surface area (Å²) in [6.07, 6.45) is 0.852. The lowest BCUT2D eigenvalue weighted by molar-refractivity contribution is -0.274. The fourth-order valence-corrected chi connectivity index (χ4v) is 5.25. The molecule has 1 unspecified atom stereocenters. The average Bonchev–Trinajstić information content (AvgIpc) is 3.35. The van der Waals surface area contributed by atoms with Crippen LogP contribution in [0.25, 0.3) is 5.65 Å². The quantitative estimate of drug-likeness (QED) is 0.553. The molecule has 2 fully saturated rings. The van der Waals surface area contributed by atoms with Crippen LogP contribution in [0.15, 0.2) is 36.5 Å². The second-order valence-electron chi connectivity index (χ2n) is 9.51. The van der Waals surface area contributed by atoms with Crippen molar-refractivity contribution in [2.24, 2.45) is 11.3 Å². The zero-order valence-corrected chi connectivity index (χ0v) is 19.7. The molecule has 186 valence electrons. The number of hydrogen-bond acceptors (Lipinski definition) is 5. The first-order valence-electron chi connectivity index (χ1n) is 11.9. The number of aromatic nitrogens is 3. The molecule has 1 saturated heterocycles. The van der Waals surface area contributed by atoms with Crippen molar-refractivity contribution in [2.45, 2.75) is 45.9 Å². The molecule has 0 radical (unpaired) electrons. The van der Waals surface area contributed by atoms with Crippen molar-refractivity contribution in [3.63, 3.8) is 0 Å². The number of halogens is 3. The summed E-state index contributed by atoms with van der Waals surface area (Å²) >= 11 is 0. The zero-order chi connectivity index (χ0) is 24.8. The number of fused-ring (bicyclic) bond motifs is 1. The molecule has 2 aromatic heterocycles. The molecule has 0 bridgehead atoms. The van der Waals surface area contributed by atoms with Crippen molar-refractivity contribution in [3.05, 3.63) is 53.5 Å². The van der Waals surface area contributed by atoms with Crippen LogP contribution in [0.2, 0.25) is 0 Å². The third kappa shape index (κ3) is 4.78. The summed E-state index contributed by atoms with van der Waals surface area (Å²) in [6.45, 7) is 6.16. The maximum Gasteiger partial charge on any atom is 0.573 e. The Bertz CT molecular complexity index is 1230. The molecule has 7 nitrogen and oxygen atoms in total. The predicted molar refractivity (Wildman–Crippen MR) is 125 cm³/mol. The van der Waals surface area contributed by atoms with Gasteiger partial charge in [-0.2, -0.15) is 5.10 Å². The molecule has 10 heteroatoms. The minimum Gasteiger partial charge on any atom is -0.406 e. The van der Waals surface area contributed by atoms with Gasteiger partial charge in [-0.1, -0.05) is 6.92 Å². The van der Waals surface area contributed by atoms with E-state index in [4.69, 9.17) is 0 Å². The van der Waals surface area contributed by atoms with E-state index in [1.165, 1.54) is 12.1 Å². The van der Waals surface area contributed by atoms with E-state index in [2.05, 4.69) is 25.0 Å². The van der Waals surface area contributed by atoms with Gasteiger partial charge in [0.25, 0.3) is 5.91 Å². The summed E-state index contributed by atoms with van der Waals surface area (Å²) in [4.78, 5) is 19.8. The van der Waals surface area contributed by atoms with Gasteiger partial charge in [0.05, 0.1) is 5.69 Å². The third-order valence-corrected chi connectivity index (χ3v) is 7.32. The van der Waals surface area contributed by atoms with Crippen LogP contribution >= 0.6 is 0 Å². The molecule has 3 aromatic rings. The van der Waals surface area contributed by atoms with Crippen LogP contribution < -0.4 is 15.0 Å². The van der Waals surface area contributed by atoms with Crippen molar-refractivity contribution in [2.75, 3.05) is 24.5 Å². The summed E-state index contributed by atoms with van der Waals surface area (Å²) in [5.74, 6) is 0.0869. The number of nitrogens with one attached hydrogen (secondary N) is 1. The van der Waals surface area contributed by atoms with E-state index >= 15 is 0 Å². The Morgan fingerprint density at radius 1 is 1.20 bits per heavy atom. The number of amides is 1. The van der Waals surface area contributed by atoms with E-state index in [1.807, 2.05) is 26.1 Å². The van der Waals surface area contributed by atoms with Crippen molar-refractivity contribution in [3.8, 4) is 5.75 Å². The molecule has 1 spiro atoms. The van der Waals surface area contributed by atoms with Gasteiger partial charge in [0.1, 0.15) is 11.3 Å². The molecule has 1 amide bonds. The van der Waals surface area contributed by atoms with Gasteiger partial charge in [0.15, 0.2) is 5.65 Å². The standard InChI is InChI=1S/C25H28F3N5O2/c1-3-20-21(22-30-16(2)8-11-33(22)31-20)23(34)29-15-17-14-24(17)9-12-32(13-10-24)18-4-6-19(7-5-18)35-25(26,27)28/h4-8,11,17H,3,9-10,12-15H2,1-2H3,(H,29,34). The normalized spacial score (nSPS) is 19.2. The predicted octanol–water partition coefficient (Wildman–Crippen LogP) is 4.54. The lowest BCUT2D eigenvalue weighted by Crippen LogP contribution is -2.36. The topological polar surface area (TPSA) is 71.8 Å². The van der Waals surface area contributed by atoms with E-state index in [0.29, 0.717) is 30.1 Å². The highest BCUT2D eigenvalue weighted by Gasteiger charge is 2.54. The van der Waals surface area contributed by atoms with Gasteiger partial charge in [-0.05, 0) is 74.3 Å². The number of alkyl halides is 3. The molecule has 1 aromatic carbocycles. The number of carbonyl (C=O) groups excluding carboxylic acids is 1. The van der Waals surface area contributed by atoms with Gasteiger partial charge in [-0.15, -0.1) is 13.2 Å². The fraction of sp³-hybridized carbons (Fsp3) is 0.480. The molecular formula is C25H28F3N5O2. The Morgan fingerprint density at radius 2 is 1.91 bits per heavy atom. The number of rotatable bonds is 6. The van der Waals surface area contributed by atoms with E-state index < -0.39 is 6.36 Å². The molecule has 1 aliphatic heterocycles. The van der Waals surface area contributed by atoms with Gasteiger partial charge in [0.2, 0.25) is 0 Å². The van der Waals surface area contributed by atoms with E-state index in [9.17, 15) is 18.0 Å². The first-order chi connectivity index (χ1) is 16.7. The molecular weight excluding hydrogens is 459 g/mol. The number of piperidine rings is 1. The molecule has 35 heavy (non-hydrogen) atoms. The Labute approximate surface area is 201 Å². The number of nitrogens with zero attached hydrogens (tertiary/aromatic N) is 4. The maximum atomic E-state index is 13.1. The first-order valence-corrected chi connectivity index (χ1v) is 11.9. The highest BCUT2D eigenvalue weighted by molar-refractivity contribution is 6.01. The number of anilines is 1. The summed E-state index contributed by atoms with van der Waals surface area (Å²) in [6, 6.07) is 7.90. The van der Waals surface area contributed by atoms with Gasteiger partial charge in [-0.25, -0.2) is 9.50 Å². The molecule has 3 heterocycles. The second kappa shape index (κ2) is 8.73. The Kier molecular flexibility index (Phi) is 5.85. The minimum absolute atomic E-state index is 0.129. The summed E-state index contributed by atoms with van der Waals surface area (Å²) < 4.78 is 42.7. The smallest absolute Gasteiger partial charge is 0.406 e. The molecule has 2 aliphatic rings. The SMILES string of the molecule is CCc1nn2ccc(C)nc2c1C(=O)NCC1CC12CCN(c1ccc(OC(F)(F)F)cc1)CC2. The average molecular weight is 488 g/mol. The number of hydrogen-bond donors (Lipinski definition) is 1. The van der Waals surface area contributed by atoms with Crippen molar-refractivity contribution in [1.29, 1.82) is 0 Å². The van der Waals surface area contributed by atoms with Crippen molar-refractivity contribution >= 4 is 17.2 Å².